The fraction of sp³-hybridized carbons (Fsp3) is 0.0588. The van der Waals surface area contributed by atoms with Crippen LogP contribution in [0.4, 0.5) is 5.69 Å². The van der Waals surface area contributed by atoms with Crippen LogP contribution in [0, 0.1) is 0 Å². The van der Waals surface area contributed by atoms with Crippen LogP contribution in [0.1, 0.15) is 5.56 Å². The van der Waals surface area contributed by atoms with Crippen LogP contribution in [0.15, 0.2) is 55.2 Å². The minimum atomic E-state index is -0.198. The van der Waals surface area contributed by atoms with Crippen molar-refractivity contribution in [1.82, 2.24) is 5.32 Å². The lowest BCUT2D eigenvalue weighted by atomic mass is 10.2. The van der Waals surface area contributed by atoms with Crippen molar-refractivity contribution < 1.29 is 9.53 Å². The highest BCUT2D eigenvalue weighted by atomic mass is 79.9. The van der Waals surface area contributed by atoms with Gasteiger partial charge in [-0.25, -0.2) is 4.99 Å². The van der Waals surface area contributed by atoms with E-state index in [9.17, 15) is 4.79 Å². The Hall–Kier alpha value is -1.28. The summed E-state index contributed by atoms with van der Waals surface area (Å²) in [7, 11) is 1.59. The lowest BCUT2D eigenvalue weighted by Crippen LogP contribution is -2.19. The number of amidine groups is 1. The topological polar surface area (TPSA) is 50.7 Å². The Kier molecular flexibility index (Phi) is 5.89. The molecule has 1 aliphatic rings. The van der Waals surface area contributed by atoms with E-state index in [4.69, 9.17) is 16.3 Å². The second-order valence-corrected chi connectivity index (χ2v) is 8.21. The van der Waals surface area contributed by atoms with E-state index in [1.54, 1.807) is 37.5 Å². The van der Waals surface area contributed by atoms with Crippen LogP contribution in [0.25, 0.3) is 6.08 Å². The number of methoxy groups -OCH3 is 1. The van der Waals surface area contributed by atoms with Crippen LogP contribution in [-0.2, 0) is 4.79 Å². The number of ether oxygens (including phenoxy) is 1. The van der Waals surface area contributed by atoms with Crippen molar-refractivity contribution in [2.24, 2.45) is 4.99 Å². The van der Waals surface area contributed by atoms with Gasteiger partial charge in [0.1, 0.15) is 5.75 Å². The molecule has 0 aromatic heterocycles. The normalized spacial score (nSPS) is 17.2. The molecule has 1 amide bonds. The Morgan fingerprint density at radius 1 is 1.24 bits per heavy atom. The van der Waals surface area contributed by atoms with Crippen molar-refractivity contribution >= 4 is 78.1 Å². The molecule has 2 aromatic carbocycles. The van der Waals surface area contributed by atoms with Gasteiger partial charge < -0.3 is 10.1 Å². The first-order valence-corrected chi connectivity index (χ1v) is 9.82. The Labute approximate surface area is 170 Å². The number of rotatable bonds is 3. The second-order valence-electron chi connectivity index (χ2n) is 4.97. The quantitative estimate of drug-likeness (QED) is 0.543. The van der Waals surface area contributed by atoms with Crippen molar-refractivity contribution in [3.8, 4) is 5.75 Å². The van der Waals surface area contributed by atoms with Crippen molar-refractivity contribution in [1.29, 1.82) is 0 Å². The lowest BCUT2D eigenvalue weighted by molar-refractivity contribution is -0.115. The molecule has 0 atom stereocenters. The highest BCUT2D eigenvalue weighted by Gasteiger charge is 2.24. The number of benzene rings is 2. The molecular weight excluding hydrogens is 492 g/mol. The fourth-order valence-electron chi connectivity index (χ4n) is 2.16. The maximum absolute atomic E-state index is 12.2. The van der Waals surface area contributed by atoms with Crippen LogP contribution in [0.2, 0.25) is 5.02 Å². The number of hydrogen-bond donors (Lipinski definition) is 1. The van der Waals surface area contributed by atoms with E-state index in [2.05, 4.69) is 42.2 Å². The van der Waals surface area contributed by atoms with E-state index >= 15 is 0 Å². The first-order valence-electron chi connectivity index (χ1n) is 7.04. The molecule has 0 radical (unpaired) electrons. The molecule has 4 nitrogen and oxygen atoms in total. The van der Waals surface area contributed by atoms with Gasteiger partial charge in [0.25, 0.3) is 5.91 Å². The Bertz CT molecular complexity index is 898. The first kappa shape index (κ1) is 18.5. The molecule has 25 heavy (non-hydrogen) atoms. The van der Waals surface area contributed by atoms with Crippen LogP contribution >= 0.6 is 55.2 Å². The number of carbonyl (C=O) groups is 1. The zero-order chi connectivity index (χ0) is 18.0. The monoisotopic (exact) mass is 500 g/mol. The van der Waals surface area contributed by atoms with Crippen molar-refractivity contribution in [2.75, 3.05) is 7.11 Å². The molecular formula is C17H11Br2ClN2O2S. The number of carbonyl (C=O) groups excluding carboxylic acids is 1. The summed E-state index contributed by atoms with van der Waals surface area (Å²) in [6.45, 7) is 0. The highest BCUT2D eigenvalue weighted by Crippen LogP contribution is 2.36. The fourth-order valence-corrected chi connectivity index (χ4v) is 4.54. The first-order chi connectivity index (χ1) is 12.0. The summed E-state index contributed by atoms with van der Waals surface area (Å²) < 4.78 is 7.10. The van der Waals surface area contributed by atoms with E-state index in [-0.39, 0.29) is 5.91 Å². The van der Waals surface area contributed by atoms with Crippen LogP contribution in [-0.4, -0.2) is 18.2 Å². The van der Waals surface area contributed by atoms with Crippen molar-refractivity contribution in [3.63, 3.8) is 0 Å². The molecule has 128 valence electrons. The summed E-state index contributed by atoms with van der Waals surface area (Å²) in [5, 5.41) is 3.92. The molecule has 0 bridgehead atoms. The number of halogens is 3. The molecule has 1 saturated heterocycles. The van der Waals surface area contributed by atoms with Crippen LogP contribution in [0.5, 0.6) is 5.75 Å². The van der Waals surface area contributed by atoms with Gasteiger partial charge in [0.15, 0.2) is 5.17 Å². The van der Waals surface area contributed by atoms with Gasteiger partial charge >= 0.3 is 0 Å². The number of nitrogens with zero attached hydrogens (tertiary/aromatic N) is 1. The number of amides is 1. The molecule has 3 rings (SSSR count). The molecule has 2 aromatic rings. The van der Waals surface area contributed by atoms with E-state index < -0.39 is 0 Å². The minimum absolute atomic E-state index is 0.198. The molecule has 1 heterocycles. The van der Waals surface area contributed by atoms with Crippen molar-refractivity contribution in [3.05, 3.63) is 60.8 Å². The van der Waals surface area contributed by atoms with Gasteiger partial charge in [-0.05, 0) is 70.2 Å². The summed E-state index contributed by atoms with van der Waals surface area (Å²) in [6, 6.07) is 10.9. The molecule has 0 saturated carbocycles. The molecule has 1 aliphatic heterocycles. The zero-order valence-electron chi connectivity index (χ0n) is 12.8. The van der Waals surface area contributed by atoms with Gasteiger partial charge in [-0.1, -0.05) is 27.5 Å². The van der Waals surface area contributed by atoms with Crippen LogP contribution < -0.4 is 10.1 Å². The predicted molar refractivity (Wildman–Crippen MR) is 111 cm³/mol. The lowest BCUT2D eigenvalue weighted by Gasteiger charge is -2.08. The summed E-state index contributed by atoms with van der Waals surface area (Å²) in [5.41, 5.74) is 1.50. The summed E-state index contributed by atoms with van der Waals surface area (Å²) >= 11 is 14.0. The SMILES string of the molecule is COc1c(Br)cc(Br)cc1/C=C1\SC(=Nc2ccc(Cl)cc2)NC1=O. The van der Waals surface area contributed by atoms with Gasteiger partial charge in [0.05, 0.1) is 22.2 Å². The van der Waals surface area contributed by atoms with E-state index in [1.807, 2.05) is 12.1 Å². The summed E-state index contributed by atoms with van der Waals surface area (Å²) in [4.78, 5) is 17.2. The Balaban J connectivity index is 1.91. The Morgan fingerprint density at radius 3 is 2.64 bits per heavy atom. The largest absolute Gasteiger partial charge is 0.495 e. The predicted octanol–water partition coefficient (Wildman–Crippen LogP) is 5.77. The molecule has 1 fully saturated rings. The molecule has 1 N–H and O–H groups in total. The number of hydrogen-bond acceptors (Lipinski definition) is 4. The number of thioether (sulfide) groups is 1. The smallest absolute Gasteiger partial charge is 0.264 e. The molecule has 0 spiro atoms. The van der Waals surface area contributed by atoms with Gasteiger partial charge in [-0.3, -0.25) is 4.79 Å². The maximum atomic E-state index is 12.2. The molecule has 8 heteroatoms. The summed E-state index contributed by atoms with van der Waals surface area (Å²) in [6.07, 6.45) is 1.78. The standard InChI is InChI=1S/C17H11Br2ClN2O2S/c1-24-15-9(6-10(18)8-13(15)19)7-14-16(23)22-17(25-14)21-12-4-2-11(20)3-5-12/h2-8H,1H3,(H,21,22,23)/b14-7-. The second kappa shape index (κ2) is 7.95. The molecule has 0 unspecified atom stereocenters. The number of aliphatic imine (C=N–C) groups is 1. The zero-order valence-corrected chi connectivity index (χ0v) is 17.6. The molecule has 0 aliphatic carbocycles. The average Bonchev–Trinajstić information content (AvgIpc) is 2.89. The van der Waals surface area contributed by atoms with E-state index in [0.717, 1.165) is 20.2 Å². The average molecular weight is 503 g/mol. The third-order valence-corrected chi connectivity index (χ3v) is 5.44. The third-order valence-electron chi connectivity index (χ3n) is 3.24. The van der Waals surface area contributed by atoms with E-state index in [1.165, 1.54) is 11.8 Å². The van der Waals surface area contributed by atoms with E-state index in [0.29, 0.717) is 20.8 Å². The summed E-state index contributed by atoms with van der Waals surface area (Å²) in [5.74, 6) is 0.461. The Morgan fingerprint density at radius 2 is 1.96 bits per heavy atom. The van der Waals surface area contributed by atoms with Gasteiger partial charge in [0.2, 0.25) is 0 Å². The van der Waals surface area contributed by atoms with Gasteiger partial charge in [0, 0.05) is 15.1 Å². The van der Waals surface area contributed by atoms with Crippen molar-refractivity contribution in [2.45, 2.75) is 0 Å². The van der Waals surface area contributed by atoms with Crippen LogP contribution in [0.3, 0.4) is 0 Å². The third kappa shape index (κ3) is 4.47. The maximum Gasteiger partial charge on any atom is 0.264 e. The van der Waals surface area contributed by atoms with Gasteiger partial charge in [-0.2, -0.15) is 0 Å². The number of nitrogens with one attached hydrogen (secondary N) is 1. The minimum Gasteiger partial charge on any atom is -0.495 e. The van der Waals surface area contributed by atoms with Gasteiger partial charge in [-0.15, -0.1) is 0 Å². The highest BCUT2D eigenvalue weighted by molar-refractivity contribution is 9.11.